The van der Waals surface area contributed by atoms with E-state index in [9.17, 15) is 4.79 Å². The number of benzene rings is 2. The van der Waals surface area contributed by atoms with Gasteiger partial charge in [0.1, 0.15) is 0 Å². The summed E-state index contributed by atoms with van der Waals surface area (Å²) in [6.07, 6.45) is 0. The van der Waals surface area contributed by atoms with Crippen LogP contribution in [-0.2, 0) is 20.6 Å². The standard InChI is InChI=1S/C17H15BrO4/c1-2-20-16(19)17(13-6-4-3-5-7-13)21-14-9-8-12(11-18)10-15(14)22-17/h3-10H,2,11H2,1H3. The lowest BCUT2D eigenvalue weighted by molar-refractivity contribution is -0.186. The summed E-state index contributed by atoms with van der Waals surface area (Å²) in [7, 11) is 0. The van der Waals surface area contributed by atoms with Gasteiger partial charge in [0, 0.05) is 10.9 Å². The molecule has 22 heavy (non-hydrogen) atoms. The quantitative estimate of drug-likeness (QED) is 0.613. The fraction of sp³-hybridized carbons (Fsp3) is 0.235. The van der Waals surface area contributed by atoms with Gasteiger partial charge in [0.15, 0.2) is 11.5 Å². The van der Waals surface area contributed by atoms with E-state index in [4.69, 9.17) is 14.2 Å². The van der Waals surface area contributed by atoms with Crippen molar-refractivity contribution in [3.63, 3.8) is 0 Å². The van der Waals surface area contributed by atoms with E-state index in [1.165, 1.54) is 0 Å². The summed E-state index contributed by atoms with van der Waals surface area (Å²) in [5, 5.41) is 0.696. The van der Waals surface area contributed by atoms with Crippen molar-refractivity contribution >= 4 is 21.9 Å². The SMILES string of the molecule is CCOC(=O)C1(c2ccccc2)Oc2ccc(CBr)cc2O1. The first-order valence-corrected chi connectivity index (χ1v) is 8.11. The Morgan fingerprint density at radius 1 is 1.14 bits per heavy atom. The number of rotatable bonds is 4. The molecule has 1 aliphatic heterocycles. The predicted molar refractivity (Wildman–Crippen MR) is 85.1 cm³/mol. The number of hydrogen-bond donors (Lipinski definition) is 0. The minimum atomic E-state index is -1.58. The van der Waals surface area contributed by atoms with Crippen molar-refractivity contribution in [1.82, 2.24) is 0 Å². The molecule has 0 saturated heterocycles. The Bertz CT molecular complexity index is 686. The number of fused-ring (bicyclic) bond motifs is 1. The number of hydrogen-bond acceptors (Lipinski definition) is 4. The lowest BCUT2D eigenvalue weighted by Gasteiger charge is -2.25. The highest BCUT2D eigenvalue weighted by Gasteiger charge is 2.52. The number of ether oxygens (including phenoxy) is 3. The Balaban J connectivity index is 2.05. The fourth-order valence-corrected chi connectivity index (χ4v) is 2.68. The van der Waals surface area contributed by atoms with Crippen molar-refractivity contribution in [1.29, 1.82) is 0 Å². The first-order valence-electron chi connectivity index (χ1n) is 6.99. The zero-order valence-electron chi connectivity index (χ0n) is 12.0. The van der Waals surface area contributed by atoms with Crippen molar-refractivity contribution < 1.29 is 19.0 Å². The van der Waals surface area contributed by atoms with Crippen LogP contribution in [0.3, 0.4) is 0 Å². The van der Waals surface area contributed by atoms with Gasteiger partial charge in [-0.1, -0.05) is 52.3 Å². The average molecular weight is 363 g/mol. The van der Waals surface area contributed by atoms with Crippen LogP contribution in [0, 0.1) is 0 Å². The molecule has 1 aliphatic rings. The number of carbonyl (C=O) groups is 1. The fourth-order valence-electron chi connectivity index (χ4n) is 2.33. The monoisotopic (exact) mass is 362 g/mol. The Morgan fingerprint density at radius 2 is 1.86 bits per heavy atom. The lowest BCUT2D eigenvalue weighted by Crippen LogP contribution is -2.45. The molecule has 0 N–H and O–H groups in total. The van der Waals surface area contributed by atoms with Crippen LogP contribution < -0.4 is 9.47 Å². The molecule has 5 heteroatoms. The van der Waals surface area contributed by atoms with Crippen LogP contribution in [0.4, 0.5) is 0 Å². The summed E-state index contributed by atoms with van der Waals surface area (Å²) in [4.78, 5) is 12.5. The van der Waals surface area contributed by atoms with Gasteiger partial charge in [-0.3, -0.25) is 0 Å². The average Bonchev–Trinajstić information content (AvgIpc) is 2.95. The topological polar surface area (TPSA) is 44.8 Å². The minimum Gasteiger partial charge on any atom is -0.460 e. The molecule has 0 fully saturated rings. The molecule has 114 valence electrons. The van der Waals surface area contributed by atoms with E-state index in [1.807, 2.05) is 30.3 Å². The van der Waals surface area contributed by atoms with Crippen molar-refractivity contribution in [2.24, 2.45) is 0 Å². The number of halogens is 1. The number of alkyl halides is 1. The van der Waals surface area contributed by atoms with Crippen molar-refractivity contribution in [3.05, 3.63) is 59.7 Å². The second kappa shape index (κ2) is 6.01. The molecule has 2 aromatic rings. The van der Waals surface area contributed by atoms with Gasteiger partial charge in [0.25, 0.3) is 0 Å². The van der Waals surface area contributed by atoms with Crippen LogP contribution in [-0.4, -0.2) is 12.6 Å². The maximum absolute atomic E-state index is 12.5. The summed E-state index contributed by atoms with van der Waals surface area (Å²) >= 11 is 3.41. The first kappa shape index (κ1) is 14.9. The first-order chi connectivity index (χ1) is 10.7. The zero-order valence-corrected chi connectivity index (χ0v) is 13.6. The van der Waals surface area contributed by atoms with Crippen LogP contribution in [0.25, 0.3) is 0 Å². The third kappa shape index (κ3) is 2.46. The molecule has 3 rings (SSSR count). The van der Waals surface area contributed by atoms with Crippen molar-refractivity contribution in [2.75, 3.05) is 6.61 Å². The van der Waals surface area contributed by atoms with Crippen LogP contribution in [0.15, 0.2) is 48.5 Å². The largest absolute Gasteiger partial charge is 0.460 e. The van der Waals surface area contributed by atoms with E-state index in [2.05, 4.69) is 15.9 Å². The Hall–Kier alpha value is -2.01. The van der Waals surface area contributed by atoms with Gasteiger partial charge < -0.3 is 14.2 Å². The molecule has 0 amide bonds. The molecule has 0 radical (unpaired) electrons. The number of carbonyl (C=O) groups excluding carboxylic acids is 1. The normalized spacial score (nSPS) is 19.0. The van der Waals surface area contributed by atoms with Gasteiger partial charge in [-0.2, -0.15) is 0 Å². The maximum atomic E-state index is 12.5. The summed E-state index contributed by atoms with van der Waals surface area (Å²) in [5.41, 5.74) is 1.64. The van der Waals surface area contributed by atoms with Gasteiger partial charge in [-0.15, -0.1) is 0 Å². The number of esters is 1. The molecule has 0 aliphatic carbocycles. The van der Waals surface area contributed by atoms with Gasteiger partial charge in [-0.25, -0.2) is 4.79 Å². The van der Waals surface area contributed by atoms with Crippen LogP contribution in [0.1, 0.15) is 18.1 Å². The predicted octanol–water partition coefficient (Wildman–Crippen LogP) is 3.77. The van der Waals surface area contributed by atoms with Gasteiger partial charge >= 0.3 is 11.8 Å². The molecule has 1 atom stereocenters. The van der Waals surface area contributed by atoms with E-state index < -0.39 is 11.8 Å². The van der Waals surface area contributed by atoms with Gasteiger partial charge in [0.05, 0.1) is 6.61 Å². The van der Waals surface area contributed by atoms with E-state index in [-0.39, 0.29) is 6.61 Å². The molecule has 1 heterocycles. The molecule has 0 saturated carbocycles. The molecule has 4 nitrogen and oxygen atoms in total. The third-order valence-corrected chi connectivity index (χ3v) is 4.02. The summed E-state index contributed by atoms with van der Waals surface area (Å²) in [6, 6.07) is 14.7. The highest BCUT2D eigenvalue weighted by Crippen LogP contribution is 2.45. The minimum absolute atomic E-state index is 0.253. The molecule has 1 unspecified atom stereocenters. The van der Waals surface area contributed by atoms with E-state index >= 15 is 0 Å². The van der Waals surface area contributed by atoms with E-state index in [0.29, 0.717) is 22.4 Å². The Labute approximate surface area is 137 Å². The van der Waals surface area contributed by atoms with Gasteiger partial charge in [0.2, 0.25) is 0 Å². The highest BCUT2D eigenvalue weighted by molar-refractivity contribution is 9.08. The molecular formula is C17H15BrO4. The molecule has 2 aromatic carbocycles. The van der Waals surface area contributed by atoms with Crippen LogP contribution in [0.2, 0.25) is 0 Å². The lowest BCUT2D eigenvalue weighted by atomic mass is 10.1. The van der Waals surface area contributed by atoms with Crippen LogP contribution in [0.5, 0.6) is 11.5 Å². The highest BCUT2D eigenvalue weighted by atomic mass is 79.9. The van der Waals surface area contributed by atoms with Crippen molar-refractivity contribution in [3.8, 4) is 11.5 Å². The van der Waals surface area contributed by atoms with Crippen molar-refractivity contribution in [2.45, 2.75) is 18.0 Å². The molecule has 0 spiro atoms. The molecule has 0 bridgehead atoms. The third-order valence-electron chi connectivity index (χ3n) is 3.37. The molecular weight excluding hydrogens is 348 g/mol. The molecule has 0 aromatic heterocycles. The van der Waals surface area contributed by atoms with E-state index in [1.54, 1.807) is 25.1 Å². The van der Waals surface area contributed by atoms with Gasteiger partial charge in [-0.05, 0) is 24.6 Å². The maximum Gasteiger partial charge on any atom is 0.398 e. The summed E-state index contributed by atoms with van der Waals surface area (Å²) in [6.45, 7) is 2.00. The Kier molecular flexibility index (Phi) is 4.07. The smallest absolute Gasteiger partial charge is 0.398 e. The summed E-state index contributed by atoms with van der Waals surface area (Å²) < 4.78 is 17.0. The summed E-state index contributed by atoms with van der Waals surface area (Å²) in [5.74, 6) is -1.07. The zero-order chi connectivity index (χ0) is 15.6. The Morgan fingerprint density at radius 3 is 2.55 bits per heavy atom. The second-order valence-corrected chi connectivity index (χ2v) is 5.38. The van der Waals surface area contributed by atoms with E-state index in [0.717, 1.165) is 5.56 Å². The van der Waals surface area contributed by atoms with Crippen LogP contribution >= 0.6 is 15.9 Å². The second-order valence-electron chi connectivity index (χ2n) is 4.82.